The van der Waals surface area contributed by atoms with Crippen LogP contribution in [0.1, 0.15) is 30.0 Å². The molecule has 0 saturated carbocycles. The molecule has 0 aliphatic rings. The highest BCUT2D eigenvalue weighted by Crippen LogP contribution is 2.18. The lowest BCUT2D eigenvalue weighted by atomic mass is 9.99. The molecule has 2 rings (SSSR count). The summed E-state index contributed by atoms with van der Waals surface area (Å²) in [7, 11) is 0. The van der Waals surface area contributed by atoms with Crippen LogP contribution in [0.15, 0.2) is 54.6 Å². The summed E-state index contributed by atoms with van der Waals surface area (Å²) in [5.74, 6) is -1.86. The smallest absolute Gasteiger partial charge is 0.244 e. The van der Waals surface area contributed by atoms with Gasteiger partial charge >= 0.3 is 0 Å². The Morgan fingerprint density at radius 1 is 1.00 bits per heavy atom. The molecule has 0 aliphatic carbocycles. The first kappa shape index (κ1) is 15.7. The van der Waals surface area contributed by atoms with E-state index in [0.717, 1.165) is 5.56 Å². The number of halogens is 1. The Labute approximate surface area is 128 Å². The average Bonchev–Trinajstić information content (AvgIpc) is 2.53. The van der Waals surface area contributed by atoms with E-state index < -0.39 is 23.7 Å². The molecule has 2 aromatic rings. The predicted molar refractivity (Wildman–Crippen MR) is 81.3 cm³/mol. The molecule has 22 heavy (non-hydrogen) atoms. The lowest BCUT2D eigenvalue weighted by Gasteiger charge is -2.19. The highest BCUT2D eigenvalue weighted by Gasteiger charge is 2.23. The third-order valence-electron chi connectivity index (χ3n) is 3.47. The van der Waals surface area contributed by atoms with E-state index >= 15 is 0 Å². The molecule has 2 aromatic carbocycles. The largest absolute Gasteiger partial charge is 0.368 e. The van der Waals surface area contributed by atoms with Crippen molar-refractivity contribution in [2.75, 3.05) is 0 Å². The van der Waals surface area contributed by atoms with Gasteiger partial charge in [0.1, 0.15) is 11.9 Å². The van der Waals surface area contributed by atoms with Crippen molar-refractivity contribution in [3.05, 3.63) is 71.5 Å². The number of nitrogens with two attached hydrogens (primary N) is 1. The molecule has 0 aromatic heterocycles. The fourth-order valence-corrected chi connectivity index (χ4v) is 2.13. The Hall–Kier alpha value is -2.69. The molecule has 0 spiro atoms. The second kappa shape index (κ2) is 6.85. The quantitative estimate of drug-likeness (QED) is 0.889. The molecule has 2 amide bonds. The first-order valence-corrected chi connectivity index (χ1v) is 6.89. The maximum Gasteiger partial charge on any atom is 0.244 e. The standard InChI is InChI=1S/C17H17FN2O2/c1-11(12-5-3-2-4-6-12)17(22)20-15(16(19)21)13-7-9-14(18)10-8-13/h2-11,15H,1H3,(H2,19,21)(H,20,22)/t11-,15-/m0/s1. The van der Waals surface area contributed by atoms with Crippen molar-refractivity contribution in [2.24, 2.45) is 5.73 Å². The monoisotopic (exact) mass is 300 g/mol. The van der Waals surface area contributed by atoms with Gasteiger partial charge in [0.15, 0.2) is 0 Å². The van der Waals surface area contributed by atoms with Gasteiger partial charge in [0.05, 0.1) is 5.92 Å². The first-order chi connectivity index (χ1) is 10.5. The van der Waals surface area contributed by atoms with E-state index in [1.54, 1.807) is 6.92 Å². The van der Waals surface area contributed by atoms with Crippen molar-refractivity contribution in [2.45, 2.75) is 18.9 Å². The minimum absolute atomic E-state index is 0.320. The molecule has 0 aliphatic heterocycles. The van der Waals surface area contributed by atoms with Gasteiger partial charge in [-0.05, 0) is 30.2 Å². The highest BCUT2D eigenvalue weighted by molar-refractivity contribution is 5.90. The Kier molecular flexibility index (Phi) is 4.88. The van der Waals surface area contributed by atoms with Crippen LogP contribution in [0.2, 0.25) is 0 Å². The third-order valence-corrected chi connectivity index (χ3v) is 3.47. The zero-order chi connectivity index (χ0) is 16.1. The van der Waals surface area contributed by atoms with Crippen molar-refractivity contribution >= 4 is 11.8 Å². The molecule has 5 heteroatoms. The minimum Gasteiger partial charge on any atom is -0.368 e. The number of carbonyl (C=O) groups is 2. The Balaban J connectivity index is 2.16. The highest BCUT2D eigenvalue weighted by atomic mass is 19.1. The summed E-state index contributed by atoms with van der Waals surface area (Å²) >= 11 is 0. The molecule has 2 atom stereocenters. The summed E-state index contributed by atoms with van der Waals surface area (Å²) in [6, 6.07) is 13.5. The van der Waals surface area contributed by atoms with Crippen LogP contribution in [0.25, 0.3) is 0 Å². The van der Waals surface area contributed by atoms with Crippen LogP contribution in [0, 0.1) is 5.82 Å². The van der Waals surface area contributed by atoms with Crippen LogP contribution in [0.5, 0.6) is 0 Å². The number of amides is 2. The van der Waals surface area contributed by atoms with Crippen molar-refractivity contribution in [1.29, 1.82) is 0 Å². The number of nitrogens with one attached hydrogen (secondary N) is 1. The number of benzene rings is 2. The van der Waals surface area contributed by atoms with Gasteiger partial charge in [-0.15, -0.1) is 0 Å². The molecule has 0 bridgehead atoms. The number of primary amides is 1. The Morgan fingerprint density at radius 3 is 2.14 bits per heavy atom. The molecule has 0 radical (unpaired) electrons. The van der Waals surface area contributed by atoms with E-state index in [-0.39, 0.29) is 5.91 Å². The molecule has 0 heterocycles. The van der Waals surface area contributed by atoms with Gasteiger partial charge in [-0.3, -0.25) is 9.59 Å². The summed E-state index contributed by atoms with van der Waals surface area (Å²) in [5.41, 5.74) is 6.63. The fourth-order valence-electron chi connectivity index (χ4n) is 2.13. The molecule has 0 unspecified atom stereocenters. The molecule has 4 nitrogen and oxygen atoms in total. The number of carbonyl (C=O) groups excluding carboxylic acids is 2. The topological polar surface area (TPSA) is 72.2 Å². The van der Waals surface area contributed by atoms with Crippen LogP contribution < -0.4 is 11.1 Å². The maximum atomic E-state index is 13.0. The van der Waals surface area contributed by atoms with Crippen molar-refractivity contribution < 1.29 is 14.0 Å². The van der Waals surface area contributed by atoms with Gasteiger partial charge in [-0.2, -0.15) is 0 Å². The second-order valence-electron chi connectivity index (χ2n) is 5.03. The summed E-state index contributed by atoms with van der Waals surface area (Å²) in [4.78, 5) is 23.9. The molecule has 0 fully saturated rings. The van der Waals surface area contributed by atoms with Gasteiger partial charge in [-0.25, -0.2) is 4.39 Å². The minimum atomic E-state index is -0.987. The third kappa shape index (κ3) is 3.69. The summed E-state index contributed by atoms with van der Waals surface area (Å²) in [6.45, 7) is 1.74. The van der Waals surface area contributed by atoms with Crippen molar-refractivity contribution in [1.82, 2.24) is 5.32 Å². The van der Waals surface area contributed by atoms with E-state index in [1.807, 2.05) is 30.3 Å². The van der Waals surface area contributed by atoms with Gasteiger partial charge in [-0.1, -0.05) is 42.5 Å². The lowest BCUT2D eigenvalue weighted by molar-refractivity contribution is -0.128. The van der Waals surface area contributed by atoms with Crippen LogP contribution >= 0.6 is 0 Å². The number of rotatable bonds is 5. The van der Waals surface area contributed by atoms with Gasteiger partial charge in [0, 0.05) is 0 Å². The second-order valence-corrected chi connectivity index (χ2v) is 5.03. The molecule has 114 valence electrons. The van der Waals surface area contributed by atoms with E-state index in [1.165, 1.54) is 24.3 Å². The summed E-state index contributed by atoms with van der Waals surface area (Å²) < 4.78 is 13.0. The predicted octanol–water partition coefficient (Wildman–Crippen LogP) is 2.27. The number of hydrogen-bond donors (Lipinski definition) is 2. The van der Waals surface area contributed by atoms with Gasteiger partial charge < -0.3 is 11.1 Å². The van der Waals surface area contributed by atoms with Gasteiger partial charge in [0.2, 0.25) is 11.8 Å². The lowest BCUT2D eigenvalue weighted by Crippen LogP contribution is -2.39. The fraction of sp³-hybridized carbons (Fsp3) is 0.176. The van der Waals surface area contributed by atoms with E-state index in [4.69, 9.17) is 5.73 Å². The summed E-state index contributed by atoms with van der Waals surface area (Å²) in [6.07, 6.45) is 0. The van der Waals surface area contributed by atoms with Crippen LogP contribution in [0.4, 0.5) is 4.39 Å². The zero-order valence-electron chi connectivity index (χ0n) is 12.1. The van der Waals surface area contributed by atoms with Crippen LogP contribution in [0.3, 0.4) is 0 Å². The van der Waals surface area contributed by atoms with Gasteiger partial charge in [0.25, 0.3) is 0 Å². The molecule has 0 saturated heterocycles. The van der Waals surface area contributed by atoms with E-state index in [9.17, 15) is 14.0 Å². The summed E-state index contributed by atoms with van der Waals surface area (Å²) in [5, 5.41) is 2.61. The molecule has 3 N–H and O–H groups in total. The van der Waals surface area contributed by atoms with Crippen LogP contribution in [-0.4, -0.2) is 11.8 Å². The SMILES string of the molecule is C[C@H](C(=O)N[C@H](C(N)=O)c1ccc(F)cc1)c1ccccc1. The average molecular weight is 300 g/mol. The Morgan fingerprint density at radius 2 is 1.59 bits per heavy atom. The van der Waals surface area contributed by atoms with E-state index in [0.29, 0.717) is 5.56 Å². The molecular formula is C17H17FN2O2. The maximum absolute atomic E-state index is 13.0. The van der Waals surface area contributed by atoms with Crippen molar-refractivity contribution in [3.63, 3.8) is 0 Å². The normalized spacial score (nSPS) is 13.2. The Bertz CT molecular complexity index is 656. The molecular weight excluding hydrogens is 283 g/mol. The van der Waals surface area contributed by atoms with Crippen molar-refractivity contribution in [3.8, 4) is 0 Å². The zero-order valence-corrected chi connectivity index (χ0v) is 12.1. The number of hydrogen-bond acceptors (Lipinski definition) is 2. The van der Waals surface area contributed by atoms with Crippen LogP contribution in [-0.2, 0) is 9.59 Å². The first-order valence-electron chi connectivity index (χ1n) is 6.89. The van der Waals surface area contributed by atoms with E-state index in [2.05, 4.69) is 5.32 Å².